The zero-order valence-electron chi connectivity index (χ0n) is 14.9. The van der Waals surface area contributed by atoms with Crippen LogP contribution in [0.4, 0.5) is 5.69 Å². The maximum absolute atomic E-state index is 12.8. The largest absolute Gasteiger partial charge is 0.422 e. The Hall–Kier alpha value is -3.15. The molecule has 26 heavy (non-hydrogen) atoms. The summed E-state index contributed by atoms with van der Waals surface area (Å²) in [6.07, 6.45) is 1.66. The van der Waals surface area contributed by atoms with Crippen molar-refractivity contribution in [2.75, 3.05) is 18.0 Å². The van der Waals surface area contributed by atoms with Crippen molar-refractivity contribution in [3.63, 3.8) is 0 Å². The molecule has 0 aliphatic heterocycles. The maximum Gasteiger partial charge on any atom is 0.351 e. The molecule has 0 saturated carbocycles. The fourth-order valence-corrected chi connectivity index (χ4v) is 2.96. The molecule has 0 unspecified atom stereocenters. The summed E-state index contributed by atoms with van der Waals surface area (Å²) in [5.74, 6) is -0.461. The number of hydrogen-bond donors (Lipinski definition) is 1. The van der Waals surface area contributed by atoms with Crippen LogP contribution in [0, 0.1) is 0 Å². The van der Waals surface area contributed by atoms with Crippen LogP contribution in [0.3, 0.4) is 0 Å². The second kappa shape index (κ2) is 7.82. The van der Waals surface area contributed by atoms with E-state index in [0.29, 0.717) is 24.4 Å². The number of nitrogens with zero attached hydrogens (tertiary/aromatic N) is 2. The normalized spacial score (nSPS) is 10.7. The second-order valence-corrected chi connectivity index (χ2v) is 5.79. The number of benzene rings is 1. The van der Waals surface area contributed by atoms with Crippen molar-refractivity contribution in [1.29, 1.82) is 0 Å². The summed E-state index contributed by atoms with van der Waals surface area (Å²) in [6.45, 7) is 5.56. The van der Waals surface area contributed by atoms with Gasteiger partial charge in [0.15, 0.2) is 0 Å². The molecule has 0 aliphatic carbocycles. The van der Waals surface area contributed by atoms with E-state index in [1.54, 1.807) is 18.3 Å². The molecular weight excluding hydrogens is 330 g/mol. The van der Waals surface area contributed by atoms with Crippen LogP contribution in [-0.2, 0) is 6.54 Å². The number of anilines is 1. The van der Waals surface area contributed by atoms with Gasteiger partial charge in [-0.25, -0.2) is 4.79 Å². The van der Waals surface area contributed by atoms with E-state index >= 15 is 0 Å². The van der Waals surface area contributed by atoms with E-state index in [-0.39, 0.29) is 12.1 Å². The smallest absolute Gasteiger partial charge is 0.351 e. The molecular formula is C20H21N3O3. The van der Waals surface area contributed by atoms with Crippen molar-refractivity contribution >= 4 is 22.6 Å². The lowest BCUT2D eigenvalue weighted by Crippen LogP contribution is -2.33. The Kier molecular flexibility index (Phi) is 5.31. The standard InChI is InChI=1S/C20H21N3O3/c1-3-23(4-2)18-15-10-5-6-11-16(15)26-20(25)17(18)19(24)22-13-14-9-7-8-12-21-14/h5-12H,3-4,13H2,1-2H3,(H,22,24). The Bertz CT molecular complexity index is 963. The highest BCUT2D eigenvalue weighted by molar-refractivity contribution is 6.06. The molecule has 3 rings (SSSR count). The van der Waals surface area contributed by atoms with Gasteiger partial charge in [0.2, 0.25) is 0 Å². The van der Waals surface area contributed by atoms with E-state index in [1.165, 1.54) is 0 Å². The van der Waals surface area contributed by atoms with Gasteiger partial charge in [0.05, 0.1) is 17.9 Å². The van der Waals surface area contributed by atoms with E-state index in [9.17, 15) is 9.59 Å². The molecule has 0 bridgehead atoms. The van der Waals surface area contributed by atoms with Crippen molar-refractivity contribution in [3.8, 4) is 0 Å². The average Bonchev–Trinajstić information content (AvgIpc) is 2.67. The molecule has 1 aromatic carbocycles. The molecule has 1 amide bonds. The van der Waals surface area contributed by atoms with Gasteiger partial charge in [0.25, 0.3) is 5.91 Å². The molecule has 2 aromatic heterocycles. The van der Waals surface area contributed by atoms with Gasteiger partial charge in [-0.3, -0.25) is 9.78 Å². The van der Waals surface area contributed by atoms with Gasteiger partial charge in [-0.2, -0.15) is 0 Å². The van der Waals surface area contributed by atoms with Gasteiger partial charge in [-0.15, -0.1) is 0 Å². The number of hydrogen-bond acceptors (Lipinski definition) is 5. The van der Waals surface area contributed by atoms with Crippen LogP contribution >= 0.6 is 0 Å². The van der Waals surface area contributed by atoms with Crippen molar-refractivity contribution in [2.45, 2.75) is 20.4 Å². The van der Waals surface area contributed by atoms with Crippen LogP contribution in [0.1, 0.15) is 29.9 Å². The highest BCUT2D eigenvalue weighted by Crippen LogP contribution is 2.28. The Morgan fingerprint density at radius 1 is 1.12 bits per heavy atom. The number of aromatic nitrogens is 1. The monoisotopic (exact) mass is 351 g/mol. The summed E-state index contributed by atoms with van der Waals surface area (Å²) >= 11 is 0. The lowest BCUT2D eigenvalue weighted by atomic mass is 10.1. The average molecular weight is 351 g/mol. The van der Waals surface area contributed by atoms with Crippen molar-refractivity contribution in [1.82, 2.24) is 10.3 Å². The number of pyridine rings is 1. The highest BCUT2D eigenvalue weighted by Gasteiger charge is 2.24. The van der Waals surface area contributed by atoms with Crippen LogP contribution in [0.15, 0.2) is 57.9 Å². The zero-order valence-corrected chi connectivity index (χ0v) is 14.9. The molecule has 3 aromatic rings. The summed E-state index contributed by atoms with van der Waals surface area (Å²) < 4.78 is 5.39. The molecule has 0 saturated heterocycles. The predicted molar refractivity (Wildman–Crippen MR) is 101 cm³/mol. The van der Waals surface area contributed by atoms with Crippen molar-refractivity contribution in [2.24, 2.45) is 0 Å². The molecule has 0 radical (unpaired) electrons. The second-order valence-electron chi connectivity index (χ2n) is 5.79. The minimum Gasteiger partial charge on any atom is -0.422 e. The van der Waals surface area contributed by atoms with Gasteiger partial charge < -0.3 is 14.6 Å². The zero-order chi connectivity index (χ0) is 18.5. The fraction of sp³-hybridized carbons (Fsp3) is 0.250. The Morgan fingerprint density at radius 2 is 1.85 bits per heavy atom. The third-order valence-corrected chi connectivity index (χ3v) is 4.25. The van der Waals surface area contributed by atoms with E-state index in [4.69, 9.17) is 4.42 Å². The third-order valence-electron chi connectivity index (χ3n) is 4.25. The van der Waals surface area contributed by atoms with E-state index < -0.39 is 11.5 Å². The molecule has 1 N–H and O–H groups in total. The summed E-state index contributed by atoms with van der Waals surface area (Å²) in [4.78, 5) is 31.6. The van der Waals surface area contributed by atoms with Gasteiger partial charge in [0, 0.05) is 24.7 Å². The number of amides is 1. The minimum absolute atomic E-state index is 0.0309. The molecule has 6 nitrogen and oxygen atoms in total. The number of rotatable bonds is 6. The third kappa shape index (κ3) is 3.44. The van der Waals surface area contributed by atoms with Gasteiger partial charge in [-0.05, 0) is 38.1 Å². The highest BCUT2D eigenvalue weighted by atomic mass is 16.4. The first-order chi connectivity index (χ1) is 12.7. The first-order valence-electron chi connectivity index (χ1n) is 8.64. The molecule has 2 heterocycles. The molecule has 0 fully saturated rings. The van der Waals surface area contributed by atoms with E-state index in [1.807, 2.05) is 49.1 Å². The van der Waals surface area contributed by atoms with Gasteiger partial charge in [-0.1, -0.05) is 18.2 Å². The molecule has 0 spiro atoms. The number of carbonyl (C=O) groups excluding carboxylic acids is 1. The first kappa shape index (κ1) is 17.7. The van der Waals surface area contributed by atoms with Gasteiger partial charge in [0.1, 0.15) is 11.1 Å². The van der Waals surface area contributed by atoms with E-state index in [2.05, 4.69) is 10.3 Å². The Labute approximate surface area is 151 Å². The minimum atomic E-state index is -0.635. The number of nitrogens with one attached hydrogen (secondary N) is 1. The summed E-state index contributed by atoms with van der Waals surface area (Å²) in [5, 5.41) is 3.53. The summed E-state index contributed by atoms with van der Waals surface area (Å²) in [7, 11) is 0. The Balaban J connectivity index is 2.06. The topological polar surface area (TPSA) is 75.4 Å². The molecule has 0 atom stereocenters. The fourth-order valence-electron chi connectivity index (χ4n) is 2.96. The summed E-state index contributed by atoms with van der Waals surface area (Å²) in [5.41, 5.74) is 1.20. The SMILES string of the molecule is CCN(CC)c1c(C(=O)NCc2ccccn2)c(=O)oc2ccccc12. The van der Waals surface area contributed by atoms with Crippen LogP contribution < -0.4 is 15.8 Å². The number of fused-ring (bicyclic) bond motifs is 1. The predicted octanol–water partition coefficient (Wildman–Crippen LogP) is 2.96. The molecule has 6 heteroatoms. The quantitative estimate of drug-likeness (QED) is 0.691. The molecule has 0 aliphatic rings. The van der Waals surface area contributed by atoms with Gasteiger partial charge >= 0.3 is 5.63 Å². The van der Waals surface area contributed by atoms with Crippen LogP contribution in [-0.4, -0.2) is 24.0 Å². The van der Waals surface area contributed by atoms with Crippen LogP contribution in [0.2, 0.25) is 0 Å². The summed E-state index contributed by atoms with van der Waals surface area (Å²) in [6, 6.07) is 12.7. The maximum atomic E-state index is 12.8. The van der Waals surface area contributed by atoms with Crippen molar-refractivity contribution < 1.29 is 9.21 Å². The first-order valence-corrected chi connectivity index (χ1v) is 8.64. The number of para-hydroxylation sites is 1. The van der Waals surface area contributed by atoms with Crippen molar-refractivity contribution in [3.05, 3.63) is 70.3 Å². The lowest BCUT2D eigenvalue weighted by Gasteiger charge is -2.24. The van der Waals surface area contributed by atoms with Crippen LogP contribution in [0.25, 0.3) is 11.0 Å². The van der Waals surface area contributed by atoms with E-state index in [0.717, 1.165) is 11.1 Å². The molecule has 134 valence electrons. The lowest BCUT2D eigenvalue weighted by molar-refractivity contribution is 0.0947. The number of carbonyl (C=O) groups is 1. The Morgan fingerprint density at radius 3 is 2.54 bits per heavy atom. The van der Waals surface area contributed by atoms with Crippen LogP contribution in [0.5, 0.6) is 0 Å².